The van der Waals surface area contributed by atoms with E-state index >= 15 is 0 Å². The summed E-state index contributed by atoms with van der Waals surface area (Å²) in [5.41, 5.74) is 0.711. The van der Waals surface area contributed by atoms with Crippen LogP contribution in [0.3, 0.4) is 0 Å². The average Bonchev–Trinajstić information content (AvgIpc) is 2.48. The van der Waals surface area contributed by atoms with Gasteiger partial charge in [0.15, 0.2) is 5.78 Å². The zero-order chi connectivity index (χ0) is 17.5. The summed E-state index contributed by atoms with van der Waals surface area (Å²) in [6.45, 7) is 3.70. The van der Waals surface area contributed by atoms with Crippen molar-refractivity contribution in [3.63, 3.8) is 0 Å². The number of hydrogen-bond donors (Lipinski definition) is 1. The van der Waals surface area contributed by atoms with Crippen LogP contribution < -0.4 is 9.62 Å². The molecule has 1 N–H and O–H groups in total. The molecular weight excluding hydrogens is 316 g/mol. The van der Waals surface area contributed by atoms with Gasteiger partial charge in [0.05, 0.1) is 11.9 Å². The average molecular weight is 340 g/mol. The van der Waals surface area contributed by atoms with E-state index in [0.717, 1.165) is 29.8 Å². The fourth-order valence-electron chi connectivity index (χ4n) is 2.07. The van der Waals surface area contributed by atoms with E-state index in [2.05, 4.69) is 12.2 Å². The van der Waals surface area contributed by atoms with E-state index in [1.165, 1.54) is 13.0 Å². The number of nitrogens with zero attached hydrogens (tertiary/aromatic N) is 1. The van der Waals surface area contributed by atoms with Gasteiger partial charge in [-0.05, 0) is 25.5 Å². The molecule has 0 heterocycles. The summed E-state index contributed by atoms with van der Waals surface area (Å²) in [4.78, 5) is 23.4. The van der Waals surface area contributed by atoms with Gasteiger partial charge in [-0.25, -0.2) is 8.42 Å². The van der Waals surface area contributed by atoms with Gasteiger partial charge in [0, 0.05) is 12.1 Å². The number of rotatable bonds is 9. The van der Waals surface area contributed by atoms with Crippen molar-refractivity contribution in [1.82, 2.24) is 5.32 Å². The third-order valence-corrected chi connectivity index (χ3v) is 4.47. The Morgan fingerprint density at radius 2 is 1.91 bits per heavy atom. The van der Waals surface area contributed by atoms with Gasteiger partial charge >= 0.3 is 0 Å². The lowest BCUT2D eigenvalue weighted by molar-refractivity contribution is -0.119. The van der Waals surface area contributed by atoms with Crippen molar-refractivity contribution in [2.75, 3.05) is 23.7 Å². The fourth-order valence-corrected chi connectivity index (χ4v) is 2.92. The molecule has 1 aromatic carbocycles. The fraction of sp³-hybridized carbons (Fsp3) is 0.500. The molecule has 0 aliphatic carbocycles. The predicted molar refractivity (Wildman–Crippen MR) is 91.2 cm³/mol. The van der Waals surface area contributed by atoms with Crippen molar-refractivity contribution in [1.29, 1.82) is 0 Å². The number of anilines is 1. The number of ketones is 1. The largest absolute Gasteiger partial charge is 0.355 e. The Morgan fingerprint density at radius 1 is 1.22 bits per heavy atom. The number of amides is 1. The summed E-state index contributed by atoms with van der Waals surface area (Å²) in [5, 5.41) is 2.72. The molecule has 0 aliphatic heterocycles. The van der Waals surface area contributed by atoms with Gasteiger partial charge in [0.2, 0.25) is 15.9 Å². The summed E-state index contributed by atoms with van der Waals surface area (Å²) in [7, 11) is -3.63. The van der Waals surface area contributed by atoms with Gasteiger partial charge in [-0.1, -0.05) is 31.9 Å². The van der Waals surface area contributed by atoms with Crippen LogP contribution in [0.15, 0.2) is 24.3 Å². The molecule has 1 amide bonds. The van der Waals surface area contributed by atoms with Crippen LogP contribution in [-0.4, -0.2) is 39.5 Å². The molecule has 0 saturated carbocycles. The van der Waals surface area contributed by atoms with Gasteiger partial charge in [0.25, 0.3) is 0 Å². The first-order chi connectivity index (χ1) is 10.8. The lowest BCUT2D eigenvalue weighted by Crippen LogP contribution is -2.40. The summed E-state index contributed by atoms with van der Waals surface area (Å²) in [6, 6.07) is 6.26. The van der Waals surface area contributed by atoms with Gasteiger partial charge < -0.3 is 5.32 Å². The molecule has 0 radical (unpaired) electrons. The second kappa shape index (κ2) is 8.67. The van der Waals surface area contributed by atoms with Crippen LogP contribution in [0.5, 0.6) is 0 Å². The molecule has 0 spiro atoms. The molecule has 128 valence electrons. The predicted octanol–water partition coefficient (Wildman–Crippen LogP) is 1.96. The van der Waals surface area contributed by atoms with E-state index in [1.807, 2.05) is 0 Å². The van der Waals surface area contributed by atoms with Crippen molar-refractivity contribution in [2.45, 2.75) is 33.1 Å². The van der Waals surface area contributed by atoms with E-state index in [-0.39, 0.29) is 18.2 Å². The van der Waals surface area contributed by atoms with Gasteiger partial charge in [-0.15, -0.1) is 0 Å². The van der Waals surface area contributed by atoms with Crippen molar-refractivity contribution in [3.8, 4) is 0 Å². The Kier molecular flexibility index (Phi) is 7.22. The molecular formula is C16H24N2O4S. The molecule has 0 aromatic heterocycles. The van der Waals surface area contributed by atoms with E-state index in [1.54, 1.807) is 18.2 Å². The maximum absolute atomic E-state index is 12.0. The van der Waals surface area contributed by atoms with E-state index in [0.29, 0.717) is 17.8 Å². The third kappa shape index (κ3) is 6.40. The quantitative estimate of drug-likeness (QED) is 0.550. The van der Waals surface area contributed by atoms with Crippen LogP contribution in [0.1, 0.15) is 43.5 Å². The summed E-state index contributed by atoms with van der Waals surface area (Å²) >= 11 is 0. The Balaban J connectivity index is 2.88. The highest BCUT2D eigenvalue weighted by atomic mass is 32.2. The van der Waals surface area contributed by atoms with Crippen LogP contribution >= 0.6 is 0 Å². The highest BCUT2D eigenvalue weighted by Gasteiger charge is 2.21. The van der Waals surface area contributed by atoms with Gasteiger partial charge in [0.1, 0.15) is 6.54 Å². The molecule has 1 rings (SSSR count). The second-order valence-electron chi connectivity index (χ2n) is 5.43. The van der Waals surface area contributed by atoms with E-state index in [4.69, 9.17) is 0 Å². The third-order valence-electron chi connectivity index (χ3n) is 3.33. The first-order valence-electron chi connectivity index (χ1n) is 7.61. The van der Waals surface area contributed by atoms with Crippen LogP contribution in [0.25, 0.3) is 0 Å². The molecule has 0 atom stereocenters. The normalized spacial score (nSPS) is 11.1. The van der Waals surface area contributed by atoms with Gasteiger partial charge in [-0.3, -0.25) is 13.9 Å². The molecule has 6 nitrogen and oxygen atoms in total. The second-order valence-corrected chi connectivity index (χ2v) is 7.34. The Labute approximate surface area is 137 Å². The number of benzene rings is 1. The number of sulfonamides is 1. The minimum Gasteiger partial charge on any atom is -0.355 e. The Bertz CT molecular complexity index is 656. The Morgan fingerprint density at radius 3 is 2.48 bits per heavy atom. The van der Waals surface area contributed by atoms with Crippen LogP contribution in [-0.2, 0) is 14.8 Å². The maximum atomic E-state index is 12.0. The summed E-state index contributed by atoms with van der Waals surface area (Å²) in [5.74, 6) is -0.524. The maximum Gasteiger partial charge on any atom is 0.240 e. The van der Waals surface area contributed by atoms with Crippen molar-refractivity contribution < 1.29 is 18.0 Å². The minimum absolute atomic E-state index is 0.163. The van der Waals surface area contributed by atoms with Crippen molar-refractivity contribution in [3.05, 3.63) is 29.8 Å². The first-order valence-corrected chi connectivity index (χ1v) is 9.46. The van der Waals surface area contributed by atoms with E-state index < -0.39 is 10.0 Å². The van der Waals surface area contributed by atoms with Gasteiger partial charge in [-0.2, -0.15) is 0 Å². The first kappa shape index (κ1) is 19.2. The van der Waals surface area contributed by atoms with Crippen molar-refractivity contribution >= 4 is 27.4 Å². The molecule has 7 heteroatoms. The van der Waals surface area contributed by atoms with Crippen LogP contribution in [0, 0.1) is 0 Å². The van der Waals surface area contributed by atoms with Crippen LogP contribution in [0.2, 0.25) is 0 Å². The van der Waals surface area contributed by atoms with E-state index in [9.17, 15) is 18.0 Å². The standard InChI is InChI=1S/C16H24N2O4S/c1-4-5-6-10-17-16(20)12-18(23(3,21)22)15-9-7-8-14(11-15)13(2)19/h7-9,11H,4-6,10,12H2,1-3H3,(H,17,20). The zero-order valence-electron chi connectivity index (χ0n) is 13.8. The number of Topliss-reactive ketones (excluding diaryl/α,β-unsaturated/α-hetero) is 1. The summed E-state index contributed by atoms with van der Waals surface area (Å²) < 4.78 is 25.0. The number of carbonyl (C=O) groups excluding carboxylic acids is 2. The zero-order valence-corrected chi connectivity index (χ0v) is 14.6. The van der Waals surface area contributed by atoms with Crippen molar-refractivity contribution in [2.24, 2.45) is 0 Å². The molecule has 1 aromatic rings. The SMILES string of the molecule is CCCCCNC(=O)CN(c1cccc(C(C)=O)c1)S(C)(=O)=O. The number of nitrogens with one attached hydrogen (secondary N) is 1. The number of unbranched alkanes of at least 4 members (excludes halogenated alkanes) is 2. The lowest BCUT2D eigenvalue weighted by atomic mass is 10.1. The molecule has 0 unspecified atom stereocenters. The Hall–Kier alpha value is -1.89. The molecule has 0 fully saturated rings. The number of carbonyl (C=O) groups is 2. The molecule has 0 saturated heterocycles. The highest BCUT2D eigenvalue weighted by Crippen LogP contribution is 2.19. The van der Waals surface area contributed by atoms with Crippen LogP contribution in [0.4, 0.5) is 5.69 Å². The molecule has 0 bridgehead atoms. The smallest absolute Gasteiger partial charge is 0.240 e. The number of hydrogen-bond acceptors (Lipinski definition) is 4. The summed E-state index contributed by atoms with van der Waals surface area (Å²) in [6.07, 6.45) is 3.96. The minimum atomic E-state index is -3.63. The molecule has 0 aliphatic rings. The monoisotopic (exact) mass is 340 g/mol. The lowest BCUT2D eigenvalue weighted by Gasteiger charge is -2.22. The molecule has 23 heavy (non-hydrogen) atoms. The topological polar surface area (TPSA) is 83.6 Å². The highest BCUT2D eigenvalue weighted by molar-refractivity contribution is 7.92.